The van der Waals surface area contributed by atoms with Crippen LogP contribution in [0.1, 0.15) is 32.1 Å². The Balaban J connectivity index is 1.66. The average Bonchev–Trinajstić information content (AvgIpc) is 3.31. The van der Waals surface area contributed by atoms with E-state index in [0.29, 0.717) is 25.8 Å². The summed E-state index contributed by atoms with van der Waals surface area (Å²) in [6.45, 7) is 2.05. The monoisotopic (exact) mass is 453 g/mol. The maximum absolute atomic E-state index is 13.0. The van der Waals surface area contributed by atoms with E-state index in [0.717, 1.165) is 31.7 Å². The molecule has 3 rings (SSSR count). The van der Waals surface area contributed by atoms with Gasteiger partial charge in [-0.15, -0.1) is 0 Å². The van der Waals surface area contributed by atoms with Crippen molar-refractivity contribution in [1.82, 2.24) is 14.5 Å². The van der Waals surface area contributed by atoms with Gasteiger partial charge in [-0.3, -0.25) is 9.59 Å². The average molecular weight is 454 g/mol. The number of carbonyl (C=O) groups excluding carboxylic acids is 2. The number of piperidine rings is 1. The molecule has 2 amide bonds. The van der Waals surface area contributed by atoms with Crippen molar-refractivity contribution in [2.45, 2.75) is 43.0 Å². The molecule has 1 N–H and O–H groups in total. The van der Waals surface area contributed by atoms with Crippen molar-refractivity contribution >= 4 is 33.6 Å². The topological polar surface area (TPSA) is 86.8 Å². The summed E-state index contributed by atoms with van der Waals surface area (Å²) in [6.07, 6.45) is 5.82. The van der Waals surface area contributed by atoms with Gasteiger partial charge in [0.25, 0.3) is 0 Å². The molecule has 9 heteroatoms. The third-order valence-electron chi connectivity index (χ3n) is 5.78. The summed E-state index contributed by atoms with van der Waals surface area (Å²) in [5.74, 6) is 0.102. The van der Waals surface area contributed by atoms with Gasteiger partial charge in [0.05, 0.1) is 10.8 Å². The first-order valence-corrected chi connectivity index (χ1v) is 13.4. The van der Waals surface area contributed by atoms with Crippen LogP contribution in [0.15, 0.2) is 35.2 Å². The SMILES string of the molecule is CSCC[C@H](NC(=O)[C@H]1CCCN(S(=O)(=O)c2ccccc2)C1)C(=O)N1CCCC1. The zero-order valence-corrected chi connectivity index (χ0v) is 19.1. The molecule has 2 fully saturated rings. The molecule has 2 aliphatic rings. The zero-order chi connectivity index (χ0) is 21.6. The van der Waals surface area contributed by atoms with Crippen molar-refractivity contribution in [3.8, 4) is 0 Å². The number of benzene rings is 1. The summed E-state index contributed by atoms with van der Waals surface area (Å²) in [4.78, 5) is 27.9. The molecule has 0 bridgehead atoms. The second-order valence-electron chi connectivity index (χ2n) is 7.89. The summed E-state index contributed by atoms with van der Waals surface area (Å²) in [5, 5.41) is 2.95. The fourth-order valence-corrected chi connectivity index (χ4v) is 6.07. The van der Waals surface area contributed by atoms with Gasteiger partial charge < -0.3 is 10.2 Å². The molecule has 0 spiro atoms. The molecular formula is C21H31N3O4S2. The molecule has 2 saturated heterocycles. The molecule has 0 aliphatic carbocycles. The van der Waals surface area contributed by atoms with Crippen LogP contribution in [-0.2, 0) is 19.6 Å². The van der Waals surface area contributed by atoms with E-state index < -0.39 is 22.0 Å². The molecule has 166 valence electrons. The summed E-state index contributed by atoms with van der Waals surface area (Å²) in [7, 11) is -3.63. The Morgan fingerprint density at radius 1 is 1.13 bits per heavy atom. The molecule has 2 heterocycles. The van der Waals surface area contributed by atoms with Crippen molar-refractivity contribution in [3.05, 3.63) is 30.3 Å². The van der Waals surface area contributed by atoms with Crippen molar-refractivity contribution in [1.29, 1.82) is 0 Å². The number of hydrogen-bond acceptors (Lipinski definition) is 5. The van der Waals surface area contributed by atoms with Gasteiger partial charge in [-0.05, 0) is 56.2 Å². The lowest BCUT2D eigenvalue weighted by molar-refractivity contribution is -0.137. The Kier molecular flexibility index (Phi) is 8.19. The highest BCUT2D eigenvalue weighted by Gasteiger charge is 2.35. The number of thioether (sulfide) groups is 1. The number of nitrogens with zero attached hydrogens (tertiary/aromatic N) is 2. The van der Waals surface area contributed by atoms with Crippen LogP contribution < -0.4 is 5.32 Å². The van der Waals surface area contributed by atoms with Gasteiger partial charge in [-0.25, -0.2) is 8.42 Å². The highest BCUT2D eigenvalue weighted by molar-refractivity contribution is 7.98. The van der Waals surface area contributed by atoms with E-state index in [1.54, 1.807) is 42.1 Å². The number of amides is 2. The van der Waals surface area contributed by atoms with E-state index in [4.69, 9.17) is 0 Å². The molecule has 30 heavy (non-hydrogen) atoms. The predicted octanol–water partition coefficient (Wildman–Crippen LogP) is 1.95. The Bertz CT molecular complexity index is 826. The van der Waals surface area contributed by atoms with Crippen LogP contribution in [0.4, 0.5) is 0 Å². The minimum Gasteiger partial charge on any atom is -0.344 e. The lowest BCUT2D eigenvalue weighted by Crippen LogP contribution is -2.52. The van der Waals surface area contributed by atoms with Crippen LogP contribution >= 0.6 is 11.8 Å². The van der Waals surface area contributed by atoms with Gasteiger partial charge in [-0.2, -0.15) is 16.1 Å². The van der Waals surface area contributed by atoms with Crippen LogP contribution in [-0.4, -0.2) is 73.7 Å². The Morgan fingerprint density at radius 2 is 1.83 bits per heavy atom. The lowest BCUT2D eigenvalue weighted by Gasteiger charge is -2.32. The Morgan fingerprint density at radius 3 is 2.50 bits per heavy atom. The first-order chi connectivity index (χ1) is 14.4. The maximum Gasteiger partial charge on any atom is 0.245 e. The number of hydrogen-bond donors (Lipinski definition) is 1. The molecule has 2 aliphatic heterocycles. The fraction of sp³-hybridized carbons (Fsp3) is 0.619. The Labute approximate surface area is 183 Å². The van der Waals surface area contributed by atoms with Gasteiger partial charge in [0.15, 0.2) is 0 Å². The van der Waals surface area contributed by atoms with Gasteiger partial charge in [0.2, 0.25) is 21.8 Å². The quantitative estimate of drug-likeness (QED) is 0.650. The summed E-state index contributed by atoms with van der Waals surface area (Å²) in [5.41, 5.74) is 0. The first-order valence-electron chi connectivity index (χ1n) is 10.6. The largest absolute Gasteiger partial charge is 0.344 e. The predicted molar refractivity (Wildman–Crippen MR) is 119 cm³/mol. The van der Waals surface area contributed by atoms with Gasteiger partial charge in [0.1, 0.15) is 6.04 Å². The van der Waals surface area contributed by atoms with E-state index in [1.165, 1.54) is 4.31 Å². The maximum atomic E-state index is 13.0. The van der Waals surface area contributed by atoms with Crippen molar-refractivity contribution < 1.29 is 18.0 Å². The van der Waals surface area contributed by atoms with E-state index in [2.05, 4.69) is 5.32 Å². The summed E-state index contributed by atoms with van der Waals surface area (Å²) >= 11 is 1.64. The van der Waals surface area contributed by atoms with E-state index in [-0.39, 0.29) is 23.3 Å². The molecule has 0 unspecified atom stereocenters. The van der Waals surface area contributed by atoms with Crippen LogP contribution in [0, 0.1) is 5.92 Å². The molecule has 2 atom stereocenters. The summed E-state index contributed by atoms with van der Waals surface area (Å²) in [6, 6.07) is 7.78. The first kappa shape index (κ1) is 23.1. The lowest BCUT2D eigenvalue weighted by atomic mass is 9.98. The van der Waals surface area contributed by atoms with Crippen molar-refractivity contribution in [2.75, 3.05) is 38.2 Å². The van der Waals surface area contributed by atoms with Crippen LogP contribution in [0.25, 0.3) is 0 Å². The highest BCUT2D eigenvalue weighted by Crippen LogP contribution is 2.24. The summed E-state index contributed by atoms with van der Waals surface area (Å²) < 4.78 is 27.3. The molecule has 1 aromatic rings. The standard InChI is InChI=1S/C21H31N3O4S2/c1-29-15-11-19(21(26)23-12-5-6-13-23)22-20(25)17-8-7-14-24(16-17)30(27,28)18-9-3-2-4-10-18/h2-4,9-10,17,19H,5-8,11-16H2,1H3,(H,22,25)/t17-,19-/m0/s1. The molecular weight excluding hydrogens is 422 g/mol. The third-order valence-corrected chi connectivity index (χ3v) is 8.30. The van der Waals surface area contributed by atoms with Crippen LogP contribution in [0.2, 0.25) is 0 Å². The minimum absolute atomic E-state index is 0.0144. The molecule has 0 aromatic heterocycles. The zero-order valence-electron chi connectivity index (χ0n) is 17.5. The van der Waals surface area contributed by atoms with Gasteiger partial charge in [0, 0.05) is 26.2 Å². The molecule has 1 aromatic carbocycles. The second-order valence-corrected chi connectivity index (χ2v) is 10.8. The second kappa shape index (κ2) is 10.6. The van der Waals surface area contributed by atoms with E-state index in [1.807, 2.05) is 11.2 Å². The van der Waals surface area contributed by atoms with Crippen molar-refractivity contribution in [3.63, 3.8) is 0 Å². The van der Waals surface area contributed by atoms with Crippen molar-refractivity contribution in [2.24, 2.45) is 5.92 Å². The third kappa shape index (κ3) is 5.56. The Hall–Kier alpha value is -1.58. The number of nitrogens with one attached hydrogen (secondary N) is 1. The normalized spacial score (nSPS) is 21.4. The molecule has 0 saturated carbocycles. The number of rotatable bonds is 8. The molecule has 7 nitrogen and oxygen atoms in total. The van der Waals surface area contributed by atoms with Gasteiger partial charge >= 0.3 is 0 Å². The highest BCUT2D eigenvalue weighted by atomic mass is 32.2. The molecule has 0 radical (unpaired) electrons. The van der Waals surface area contributed by atoms with Gasteiger partial charge in [-0.1, -0.05) is 18.2 Å². The minimum atomic E-state index is -3.63. The fourth-order valence-electron chi connectivity index (χ4n) is 4.06. The van der Waals surface area contributed by atoms with Crippen LogP contribution in [0.5, 0.6) is 0 Å². The number of carbonyl (C=O) groups is 2. The number of likely N-dealkylation sites (tertiary alicyclic amines) is 1. The number of sulfonamides is 1. The smallest absolute Gasteiger partial charge is 0.245 e. The van der Waals surface area contributed by atoms with E-state index in [9.17, 15) is 18.0 Å². The van der Waals surface area contributed by atoms with E-state index >= 15 is 0 Å². The van der Waals surface area contributed by atoms with Crippen LogP contribution in [0.3, 0.4) is 0 Å².